The van der Waals surface area contributed by atoms with Gasteiger partial charge in [-0.25, -0.2) is 19.5 Å². The first-order valence-corrected chi connectivity index (χ1v) is 11.2. The Hall–Kier alpha value is -2.19. The molecule has 8 heteroatoms. The fourth-order valence-corrected chi connectivity index (χ4v) is 4.31. The molecule has 29 heavy (non-hydrogen) atoms. The Morgan fingerprint density at radius 1 is 1.21 bits per heavy atom. The van der Waals surface area contributed by atoms with Crippen LogP contribution < -0.4 is 9.80 Å². The summed E-state index contributed by atoms with van der Waals surface area (Å²) in [5.41, 5.74) is 1.68. The molecule has 0 fully saturated rings. The topological polar surface area (TPSA) is 75.8 Å². The number of ether oxygens (including phenoxy) is 1. The number of anilines is 1. The first kappa shape index (κ1) is 21.5. The van der Waals surface area contributed by atoms with Crippen molar-refractivity contribution in [2.75, 3.05) is 12.1 Å². The summed E-state index contributed by atoms with van der Waals surface area (Å²) in [6, 6.07) is 3.63. The molecule has 0 aromatic carbocycles. The van der Waals surface area contributed by atoms with Crippen molar-refractivity contribution >= 4 is 22.1 Å². The zero-order valence-corrected chi connectivity index (χ0v) is 18.5. The van der Waals surface area contributed by atoms with Gasteiger partial charge in [-0.05, 0) is 49.2 Å². The molecule has 0 saturated carbocycles. The van der Waals surface area contributed by atoms with Gasteiger partial charge < -0.3 is 4.74 Å². The maximum Gasteiger partial charge on any atom is 0.294 e. The summed E-state index contributed by atoms with van der Waals surface area (Å²) in [6.07, 6.45) is 11.1. The van der Waals surface area contributed by atoms with Crippen molar-refractivity contribution in [2.45, 2.75) is 65.4 Å². The molecule has 2 atom stereocenters. The number of hydrogen-bond donors (Lipinski definition) is 1. The van der Waals surface area contributed by atoms with E-state index in [4.69, 9.17) is 4.74 Å². The molecule has 7 nitrogen and oxygen atoms in total. The highest BCUT2D eigenvalue weighted by Gasteiger charge is 2.20. The van der Waals surface area contributed by atoms with E-state index in [1.54, 1.807) is 16.8 Å². The predicted molar refractivity (Wildman–Crippen MR) is 117 cm³/mol. The van der Waals surface area contributed by atoms with E-state index >= 15 is 0 Å². The van der Waals surface area contributed by atoms with Gasteiger partial charge in [-0.2, -0.15) is 0 Å². The molecule has 0 aliphatic heterocycles. The predicted octanol–water partition coefficient (Wildman–Crippen LogP) is 5.44. The highest BCUT2D eigenvalue weighted by Crippen LogP contribution is 2.29. The Morgan fingerprint density at radius 3 is 2.66 bits per heavy atom. The van der Waals surface area contributed by atoms with E-state index in [9.17, 15) is 5.21 Å². The van der Waals surface area contributed by atoms with Crippen LogP contribution in [0.5, 0.6) is 5.19 Å². The van der Waals surface area contributed by atoms with Crippen molar-refractivity contribution in [3.63, 3.8) is 0 Å². The summed E-state index contributed by atoms with van der Waals surface area (Å²) in [5.74, 6) is 1.05. The van der Waals surface area contributed by atoms with E-state index in [1.165, 1.54) is 56.9 Å². The van der Waals surface area contributed by atoms with E-state index in [1.807, 2.05) is 12.3 Å². The lowest BCUT2D eigenvalue weighted by atomic mass is 9.92. The Kier molecular flexibility index (Phi) is 7.44. The minimum absolute atomic E-state index is 0.148. The number of hydroxylamine groups is 1. The number of aromatic nitrogens is 4. The molecule has 3 aromatic heterocycles. The summed E-state index contributed by atoms with van der Waals surface area (Å²) < 4.78 is 7.96. The zero-order chi connectivity index (χ0) is 20.8. The molecule has 0 radical (unpaired) electrons. The van der Waals surface area contributed by atoms with Gasteiger partial charge in [0, 0.05) is 18.8 Å². The van der Waals surface area contributed by atoms with Gasteiger partial charge >= 0.3 is 0 Å². The van der Waals surface area contributed by atoms with Crippen LogP contribution in [-0.2, 0) is 0 Å². The van der Waals surface area contributed by atoms with Crippen molar-refractivity contribution in [2.24, 2.45) is 5.92 Å². The van der Waals surface area contributed by atoms with Crippen molar-refractivity contribution in [3.05, 3.63) is 24.5 Å². The standard InChI is InChI=1S/C21H31N5O2S/c1-5-7-8-10-16(9-6-2)15(3)28-21-24-26-14-18(23-20(26)29-21)17-11-12-19(22-13-17)25(4)27/h11-16,27H,5-10H2,1-4H3. The molecule has 0 bridgehead atoms. The van der Waals surface area contributed by atoms with Gasteiger partial charge in [-0.3, -0.25) is 5.21 Å². The first-order valence-electron chi connectivity index (χ1n) is 10.4. The second-order valence-electron chi connectivity index (χ2n) is 7.52. The third kappa shape index (κ3) is 5.45. The lowest BCUT2D eigenvalue weighted by Crippen LogP contribution is -2.23. The Morgan fingerprint density at radius 2 is 2.03 bits per heavy atom. The van der Waals surface area contributed by atoms with E-state index in [2.05, 4.69) is 35.8 Å². The second kappa shape index (κ2) is 10.0. The van der Waals surface area contributed by atoms with Gasteiger partial charge in [0.15, 0.2) is 5.82 Å². The van der Waals surface area contributed by atoms with Crippen LogP contribution in [0.15, 0.2) is 24.5 Å². The van der Waals surface area contributed by atoms with Crippen LogP contribution in [0, 0.1) is 5.92 Å². The minimum Gasteiger partial charge on any atom is -0.466 e. The van der Waals surface area contributed by atoms with E-state index in [0.29, 0.717) is 16.9 Å². The molecule has 0 spiro atoms. The number of fused-ring (bicyclic) bond motifs is 1. The Bertz CT molecular complexity index is 859. The molecule has 3 heterocycles. The van der Waals surface area contributed by atoms with Gasteiger partial charge in [0.25, 0.3) is 5.19 Å². The molecule has 0 saturated heterocycles. The molecule has 1 N–H and O–H groups in total. The average Bonchev–Trinajstić information content (AvgIpc) is 3.26. The SMILES string of the molecule is CCCCCC(CCC)C(C)Oc1nn2cc(-c3ccc(N(C)O)nc3)nc2s1. The lowest BCUT2D eigenvalue weighted by Gasteiger charge is -2.23. The minimum atomic E-state index is 0.148. The normalized spacial score (nSPS) is 13.6. The number of pyridine rings is 1. The number of unbranched alkanes of at least 4 members (excludes halogenated alkanes) is 2. The quantitative estimate of drug-likeness (QED) is 0.331. The molecule has 3 aromatic rings. The summed E-state index contributed by atoms with van der Waals surface area (Å²) >= 11 is 1.46. The zero-order valence-electron chi connectivity index (χ0n) is 17.7. The van der Waals surface area contributed by atoms with Crippen molar-refractivity contribution in [3.8, 4) is 16.5 Å². The van der Waals surface area contributed by atoms with Gasteiger partial charge in [-0.15, -0.1) is 5.10 Å². The van der Waals surface area contributed by atoms with Crippen LogP contribution in [0.25, 0.3) is 16.2 Å². The number of hydrogen-bond acceptors (Lipinski definition) is 7. The van der Waals surface area contributed by atoms with E-state index in [0.717, 1.165) is 21.3 Å². The van der Waals surface area contributed by atoms with Gasteiger partial charge in [0.2, 0.25) is 4.96 Å². The van der Waals surface area contributed by atoms with Gasteiger partial charge in [0.05, 0.1) is 11.9 Å². The number of nitrogens with zero attached hydrogens (tertiary/aromatic N) is 5. The number of imidazole rings is 1. The van der Waals surface area contributed by atoms with Crippen LogP contribution in [0.2, 0.25) is 0 Å². The molecule has 158 valence electrons. The van der Waals surface area contributed by atoms with Gasteiger partial charge in [-0.1, -0.05) is 39.5 Å². The molecular formula is C21H31N5O2S. The molecule has 0 aliphatic rings. The van der Waals surface area contributed by atoms with Crippen LogP contribution in [0.1, 0.15) is 59.3 Å². The molecule has 2 unspecified atom stereocenters. The lowest BCUT2D eigenvalue weighted by molar-refractivity contribution is 0.134. The van der Waals surface area contributed by atoms with Crippen LogP contribution in [0.4, 0.5) is 5.82 Å². The third-order valence-corrected chi connectivity index (χ3v) is 6.00. The third-order valence-electron chi connectivity index (χ3n) is 5.19. The highest BCUT2D eigenvalue weighted by molar-refractivity contribution is 7.18. The molecule has 0 aliphatic carbocycles. The van der Waals surface area contributed by atoms with Crippen molar-refractivity contribution in [1.82, 2.24) is 19.6 Å². The largest absolute Gasteiger partial charge is 0.466 e. The molecular weight excluding hydrogens is 386 g/mol. The van der Waals surface area contributed by atoms with Crippen molar-refractivity contribution < 1.29 is 9.94 Å². The van der Waals surface area contributed by atoms with Gasteiger partial charge in [0.1, 0.15) is 6.10 Å². The fourth-order valence-electron chi connectivity index (χ4n) is 3.49. The number of rotatable bonds is 11. The summed E-state index contributed by atoms with van der Waals surface area (Å²) in [5, 5.41) is 15.6. The maximum atomic E-state index is 9.43. The van der Waals surface area contributed by atoms with Crippen LogP contribution in [-0.4, -0.2) is 37.9 Å². The highest BCUT2D eigenvalue weighted by atomic mass is 32.1. The maximum absolute atomic E-state index is 9.43. The second-order valence-corrected chi connectivity index (χ2v) is 8.44. The molecule has 3 rings (SSSR count). The molecule has 0 amide bonds. The monoisotopic (exact) mass is 417 g/mol. The summed E-state index contributed by atoms with van der Waals surface area (Å²) in [4.78, 5) is 9.66. The fraction of sp³-hybridized carbons (Fsp3) is 0.571. The Balaban J connectivity index is 1.68. The first-order chi connectivity index (χ1) is 14.0. The van der Waals surface area contributed by atoms with Crippen LogP contribution >= 0.6 is 11.3 Å². The van der Waals surface area contributed by atoms with Crippen LogP contribution in [0.3, 0.4) is 0 Å². The smallest absolute Gasteiger partial charge is 0.294 e. The van der Waals surface area contributed by atoms with E-state index < -0.39 is 0 Å². The summed E-state index contributed by atoms with van der Waals surface area (Å²) in [6.45, 7) is 6.63. The van der Waals surface area contributed by atoms with Crippen molar-refractivity contribution in [1.29, 1.82) is 0 Å². The average molecular weight is 418 g/mol. The van der Waals surface area contributed by atoms with E-state index in [-0.39, 0.29) is 6.10 Å². The Labute approximate surface area is 176 Å². The summed E-state index contributed by atoms with van der Waals surface area (Å²) in [7, 11) is 1.54.